The molecular weight excluding hydrogens is 385 g/mol. The first-order chi connectivity index (χ1) is 12.9. The predicted molar refractivity (Wildman–Crippen MR) is 115 cm³/mol. The van der Waals surface area contributed by atoms with Crippen LogP contribution < -0.4 is 5.32 Å². The molecule has 2 nitrogen and oxygen atoms in total. The van der Waals surface area contributed by atoms with Crippen molar-refractivity contribution < 1.29 is 13.2 Å². The van der Waals surface area contributed by atoms with Crippen molar-refractivity contribution in [3.05, 3.63) is 71.6 Å². The van der Waals surface area contributed by atoms with E-state index < -0.39 is 11.7 Å². The summed E-state index contributed by atoms with van der Waals surface area (Å²) in [4.78, 5) is 2.24. The van der Waals surface area contributed by atoms with Crippen LogP contribution in [0.3, 0.4) is 0 Å². The van der Waals surface area contributed by atoms with Crippen molar-refractivity contribution in [1.82, 2.24) is 10.2 Å². The summed E-state index contributed by atoms with van der Waals surface area (Å²) in [5.41, 5.74) is 4.19. The van der Waals surface area contributed by atoms with E-state index in [1.165, 1.54) is 11.3 Å². The van der Waals surface area contributed by atoms with Crippen LogP contribution in [0.25, 0.3) is 0 Å². The quantitative estimate of drug-likeness (QED) is 0.577. The standard InChI is InChI=1S/C17H19F3N2.C3H6.C2H6.ClH/c1-12-10-14-11-21-8-6-16(14)22(12)9-7-13-2-4-15(5-3-13)17(18,19)20;1-3-2;1-2;/h2-5,21H,1,6-11H2;3H,1H2,2H3;1-2H3;1H. The zero-order valence-electron chi connectivity index (χ0n) is 17.0. The summed E-state index contributed by atoms with van der Waals surface area (Å²) in [6.45, 7) is 16.1. The van der Waals surface area contributed by atoms with Gasteiger partial charge in [0.1, 0.15) is 0 Å². The van der Waals surface area contributed by atoms with Crippen molar-refractivity contribution in [2.75, 3.05) is 19.6 Å². The minimum Gasteiger partial charge on any atom is -0.348 e. The van der Waals surface area contributed by atoms with E-state index in [4.69, 9.17) is 0 Å². The fourth-order valence-electron chi connectivity index (χ4n) is 3.14. The Morgan fingerprint density at radius 3 is 2.29 bits per heavy atom. The van der Waals surface area contributed by atoms with E-state index in [0.717, 1.165) is 62.3 Å². The lowest BCUT2D eigenvalue weighted by atomic mass is 10.1. The Hall–Kier alpha value is -1.72. The molecule has 0 saturated carbocycles. The van der Waals surface area contributed by atoms with Crippen molar-refractivity contribution in [2.45, 2.75) is 46.2 Å². The van der Waals surface area contributed by atoms with Crippen LogP contribution in [-0.2, 0) is 12.6 Å². The van der Waals surface area contributed by atoms with E-state index in [-0.39, 0.29) is 12.4 Å². The van der Waals surface area contributed by atoms with E-state index in [1.54, 1.807) is 18.2 Å². The highest BCUT2D eigenvalue weighted by Crippen LogP contribution is 2.34. The Balaban J connectivity index is 0.00000111. The SMILES string of the molecule is C=C1CC2=C(CCNC2)N1CCc1ccc(C(F)(F)F)cc1.C=CC.CC.Cl. The van der Waals surface area contributed by atoms with Crippen LogP contribution >= 0.6 is 12.4 Å². The van der Waals surface area contributed by atoms with E-state index >= 15 is 0 Å². The second-order valence-electron chi connectivity index (χ2n) is 6.22. The van der Waals surface area contributed by atoms with Gasteiger partial charge >= 0.3 is 6.18 Å². The van der Waals surface area contributed by atoms with Gasteiger partial charge in [0.25, 0.3) is 0 Å². The Morgan fingerprint density at radius 1 is 1.18 bits per heavy atom. The maximum Gasteiger partial charge on any atom is 0.416 e. The molecule has 28 heavy (non-hydrogen) atoms. The molecule has 6 heteroatoms. The molecule has 2 aliphatic rings. The molecule has 1 aromatic rings. The smallest absolute Gasteiger partial charge is 0.348 e. The Labute approximate surface area is 173 Å². The van der Waals surface area contributed by atoms with Crippen molar-refractivity contribution in [2.24, 2.45) is 0 Å². The lowest BCUT2D eigenvalue weighted by molar-refractivity contribution is -0.137. The number of alkyl halides is 3. The third-order valence-electron chi connectivity index (χ3n) is 4.32. The van der Waals surface area contributed by atoms with Crippen molar-refractivity contribution >= 4 is 12.4 Å². The summed E-state index contributed by atoms with van der Waals surface area (Å²) >= 11 is 0. The minimum absolute atomic E-state index is 0. The van der Waals surface area contributed by atoms with Gasteiger partial charge in [0.05, 0.1) is 5.56 Å². The molecule has 0 amide bonds. The van der Waals surface area contributed by atoms with Crippen molar-refractivity contribution in [1.29, 1.82) is 0 Å². The van der Waals surface area contributed by atoms with Crippen LogP contribution in [0, 0.1) is 0 Å². The number of halogens is 4. The van der Waals surface area contributed by atoms with Gasteiger partial charge in [-0.25, -0.2) is 0 Å². The van der Waals surface area contributed by atoms with Crippen LogP contribution in [0.5, 0.6) is 0 Å². The van der Waals surface area contributed by atoms with Gasteiger partial charge in [-0.15, -0.1) is 19.0 Å². The molecule has 2 heterocycles. The molecule has 2 aliphatic heterocycles. The number of hydrogen-bond donors (Lipinski definition) is 1. The molecular formula is C22H32ClF3N2. The van der Waals surface area contributed by atoms with Gasteiger partial charge < -0.3 is 10.2 Å². The highest BCUT2D eigenvalue weighted by molar-refractivity contribution is 5.85. The normalized spacial score (nSPS) is 15.5. The predicted octanol–water partition coefficient (Wildman–Crippen LogP) is 6.36. The van der Waals surface area contributed by atoms with Crippen molar-refractivity contribution in [3.8, 4) is 0 Å². The minimum atomic E-state index is -4.27. The average Bonchev–Trinajstić information content (AvgIpc) is 2.97. The first-order valence-corrected chi connectivity index (χ1v) is 9.47. The molecule has 0 fully saturated rings. The third-order valence-corrected chi connectivity index (χ3v) is 4.32. The molecule has 0 aromatic heterocycles. The molecule has 158 valence electrons. The van der Waals surface area contributed by atoms with Crippen molar-refractivity contribution in [3.63, 3.8) is 0 Å². The zero-order chi connectivity index (χ0) is 20.4. The lowest BCUT2D eigenvalue weighted by Gasteiger charge is -2.26. The van der Waals surface area contributed by atoms with Gasteiger partial charge in [0.2, 0.25) is 0 Å². The highest BCUT2D eigenvalue weighted by atomic mass is 35.5. The number of hydrogen-bond acceptors (Lipinski definition) is 2. The highest BCUT2D eigenvalue weighted by Gasteiger charge is 2.30. The van der Waals surface area contributed by atoms with Gasteiger partial charge in [-0.1, -0.05) is 38.6 Å². The largest absolute Gasteiger partial charge is 0.416 e. The van der Waals surface area contributed by atoms with E-state index in [0.29, 0.717) is 0 Å². The molecule has 0 bridgehead atoms. The van der Waals surface area contributed by atoms with E-state index in [1.807, 2.05) is 20.8 Å². The maximum absolute atomic E-state index is 12.6. The van der Waals surface area contributed by atoms with Crippen LogP contribution in [0.15, 0.2) is 60.5 Å². The Kier molecular flexibility index (Phi) is 11.9. The molecule has 0 spiro atoms. The molecule has 0 aliphatic carbocycles. The van der Waals surface area contributed by atoms with Crippen LogP contribution in [0.1, 0.15) is 44.7 Å². The van der Waals surface area contributed by atoms with Gasteiger partial charge in [0, 0.05) is 43.9 Å². The number of allylic oxidation sites excluding steroid dienone is 2. The molecule has 3 rings (SSSR count). The lowest BCUT2D eigenvalue weighted by Crippen LogP contribution is -2.28. The fraction of sp³-hybridized carbons (Fsp3) is 0.455. The number of nitrogens with one attached hydrogen (secondary N) is 1. The Morgan fingerprint density at radius 2 is 1.75 bits per heavy atom. The van der Waals surface area contributed by atoms with Gasteiger partial charge in [-0.05, 0) is 36.6 Å². The van der Waals surface area contributed by atoms with Gasteiger partial charge in [-0.2, -0.15) is 13.2 Å². The summed E-state index contributed by atoms with van der Waals surface area (Å²) in [5, 5.41) is 3.36. The molecule has 0 saturated heterocycles. The van der Waals surface area contributed by atoms with E-state index in [2.05, 4.69) is 23.4 Å². The molecule has 0 unspecified atom stereocenters. The zero-order valence-corrected chi connectivity index (χ0v) is 17.8. The number of benzene rings is 1. The molecule has 0 atom stereocenters. The first-order valence-electron chi connectivity index (χ1n) is 9.47. The van der Waals surface area contributed by atoms with Crippen LogP contribution in [0.2, 0.25) is 0 Å². The second-order valence-corrected chi connectivity index (χ2v) is 6.22. The van der Waals surface area contributed by atoms with Gasteiger partial charge in [-0.3, -0.25) is 0 Å². The third kappa shape index (κ3) is 7.36. The first kappa shape index (κ1) is 26.3. The number of rotatable bonds is 3. The molecule has 0 radical (unpaired) electrons. The van der Waals surface area contributed by atoms with Gasteiger partial charge in [0.15, 0.2) is 0 Å². The molecule has 1 aromatic carbocycles. The van der Waals surface area contributed by atoms with Crippen LogP contribution in [0.4, 0.5) is 13.2 Å². The summed E-state index contributed by atoms with van der Waals surface area (Å²) < 4.78 is 37.7. The summed E-state index contributed by atoms with van der Waals surface area (Å²) in [6, 6.07) is 5.45. The molecule has 1 N–H and O–H groups in total. The topological polar surface area (TPSA) is 15.3 Å². The maximum atomic E-state index is 12.6. The summed E-state index contributed by atoms with van der Waals surface area (Å²) in [5.74, 6) is 0. The van der Waals surface area contributed by atoms with E-state index in [9.17, 15) is 13.2 Å². The Bertz CT molecular complexity index is 649. The summed E-state index contributed by atoms with van der Waals surface area (Å²) in [6.07, 6.45) is 0.120. The second kappa shape index (κ2) is 12.7. The average molecular weight is 417 g/mol. The fourth-order valence-corrected chi connectivity index (χ4v) is 3.14. The van der Waals surface area contributed by atoms with Crippen LogP contribution in [-0.4, -0.2) is 24.5 Å². The summed E-state index contributed by atoms with van der Waals surface area (Å²) in [7, 11) is 0. The number of nitrogens with zero attached hydrogens (tertiary/aromatic N) is 1. The monoisotopic (exact) mass is 416 g/mol.